The lowest BCUT2D eigenvalue weighted by atomic mass is 9.64. The summed E-state index contributed by atoms with van der Waals surface area (Å²) in [4.78, 5) is 10.6. The number of rotatable bonds is 4. The van der Waals surface area contributed by atoms with Crippen molar-refractivity contribution >= 4 is 17.1 Å². The molecule has 2 nitrogen and oxygen atoms in total. The minimum atomic E-state index is 0.00379. The van der Waals surface area contributed by atoms with Gasteiger partial charge in [0, 0.05) is 23.3 Å². The molecular weight excluding hydrogens is 617 g/mol. The Morgan fingerprint density at radius 3 is 2.04 bits per heavy atom. The standard InChI is InChI=1S/C49H44N2/c1-48(2)41-19-11-10-18-37(41)39-30-44-40(29-42(39)48)38-25-24-36(28-43(38)49(44)26-12-5-13-27-49)46-31-45(50-47(51-46)35-16-8-4-9-17-35)34-22-20-33(21-23-34)32-14-6-3-7-15-32/h3-4,6-11,14-25,28-30,39,42,45H,5,12-13,26-27,31H2,1-2H3. The third-order valence-corrected chi connectivity index (χ3v) is 12.9. The molecule has 10 rings (SSSR count). The number of amidine groups is 1. The van der Waals surface area contributed by atoms with E-state index < -0.39 is 0 Å². The smallest absolute Gasteiger partial charge is 0.155 e. The van der Waals surface area contributed by atoms with Gasteiger partial charge >= 0.3 is 0 Å². The van der Waals surface area contributed by atoms with Gasteiger partial charge in [0.1, 0.15) is 0 Å². The average Bonchev–Trinajstić information content (AvgIpc) is 3.58. The van der Waals surface area contributed by atoms with Crippen LogP contribution in [0.3, 0.4) is 0 Å². The van der Waals surface area contributed by atoms with Crippen molar-refractivity contribution in [2.75, 3.05) is 0 Å². The largest absolute Gasteiger partial charge is 0.258 e. The van der Waals surface area contributed by atoms with Gasteiger partial charge in [-0.1, -0.05) is 167 Å². The summed E-state index contributed by atoms with van der Waals surface area (Å²) in [6.07, 6.45) is 12.6. The highest BCUT2D eigenvalue weighted by molar-refractivity contribution is 6.14. The van der Waals surface area contributed by atoms with E-state index in [1.54, 1.807) is 11.1 Å². The van der Waals surface area contributed by atoms with E-state index in [0.717, 1.165) is 23.5 Å². The van der Waals surface area contributed by atoms with E-state index in [1.165, 1.54) is 76.6 Å². The van der Waals surface area contributed by atoms with Crippen LogP contribution in [0.1, 0.15) is 103 Å². The third-order valence-electron chi connectivity index (χ3n) is 12.9. The molecule has 2 heteroatoms. The van der Waals surface area contributed by atoms with Crippen LogP contribution in [0.4, 0.5) is 0 Å². The summed E-state index contributed by atoms with van der Waals surface area (Å²) in [7, 11) is 0. The first-order valence-corrected chi connectivity index (χ1v) is 19.0. The van der Waals surface area contributed by atoms with E-state index >= 15 is 0 Å². The van der Waals surface area contributed by atoms with Crippen molar-refractivity contribution < 1.29 is 0 Å². The molecule has 1 fully saturated rings. The number of nitrogens with zero attached hydrogens (tertiary/aromatic N) is 2. The lowest BCUT2D eigenvalue weighted by molar-refractivity contribution is 0.345. The summed E-state index contributed by atoms with van der Waals surface area (Å²) >= 11 is 0. The van der Waals surface area contributed by atoms with Gasteiger partial charge in [0.05, 0.1) is 11.8 Å². The number of aliphatic imine (C=N–C) groups is 2. The van der Waals surface area contributed by atoms with E-state index in [-0.39, 0.29) is 16.9 Å². The summed E-state index contributed by atoms with van der Waals surface area (Å²) in [6, 6.07) is 46.8. The van der Waals surface area contributed by atoms with Gasteiger partial charge in [0.15, 0.2) is 5.84 Å². The Morgan fingerprint density at radius 1 is 0.608 bits per heavy atom. The zero-order valence-corrected chi connectivity index (χ0v) is 29.6. The van der Waals surface area contributed by atoms with Gasteiger partial charge in [-0.3, -0.25) is 4.99 Å². The maximum Gasteiger partial charge on any atom is 0.155 e. The lowest BCUT2D eigenvalue weighted by Gasteiger charge is -2.39. The molecule has 51 heavy (non-hydrogen) atoms. The number of hydrogen-bond acceptors (Lipinski definition) is 2. The fourth-order valence-electron chi connectivity index (χ4n) is 10.3. The Kier molecular flexibility index (Phi) is 7.07. The number of hydrogen-bond donors (Lipinski definition) is 0. The van der Waals surface area contributed by atoms with Crippen molar-refractivity contribution in [3.8, 4) is 11.1 Å². The Hall–Kier alpha value is -5.08. The fraction of sp³-hybridized carbons (Fsp3) is 0.265. The van der Waals surface area contributed by atoms with Crippen LogP contribution >= 0.6 is 0 Å². The second-order valence-corrected chi connectivity index (χ2v) is 16.0. The first-order chi connectivity index (χ1) is 25.0. The van der Waals surface area contributed by atoms with Crippen molar-refractivity contribution in [3.63, 3.8) is 0 Å². The fourth-order valence-corrected chi connectivity index (χ4v) is 10.3. The molecule has 1 aliphatic heterocycles. The van der Waals surface area contributed by atoms with Gasteiger partial charge in [-0.05, 0) is 85.9 Å². The van der Waals surface area contributed by atoms with Gasteiger partial charge in [0.2, 0.25) is 0 Å². The molecular formula is C49H44N2. The van der Waals surface area contributed by atoms with Crippen LogP contribution in [-0.2, 0) is 10.8 Å². The molecule has 0 saturated heterocycles. The molecule has 5 aliphatic rings. The van der Waals surface area contributed by atoms with Crippen LogP contribution < -0.4 is 0 Å². The maximum absolute atomic E-state index is 5.34. The van der Waals surface area contributed by atoms with Gasteiger partial charge in [-0.2, -0.15) is 0 Å². The van der Waals surface area contributed by atoms with Crippen molar-refractivity contribution in [2.24, 2.45) is 15.9 Å². The second kappa shape index (κ2) is 11.7. The summed E-state index contributed by atoms with van der Waals surface area (Å²) in [5.41, 5.74) is 16.5. The van der Waals surface area contributed by atoms with E-state index in [0.29, 0.717) is 11.8 Å². The molecule has 0 radical (unpaired) electrons. The highest BCUT2D eigenvalue weighted by atomic mass is 15.0. The molecule has 0 aromatic heterocycles. The third kappa shape index (κ3) is 4.83. The lowest BCUT2D eigenvalue weighted by Crippen LogP contribution is -2.31. The van der Waals surface area contributed by atoms with E-state index in [1.807, 2.05) is 0 Å². The predicted octanol–water partition coefficient (Wildman–Crippen LogP) is 12.0. The Morgan fingerprint density at radius 2 is 1.27 bits per heavy atom. The molecule has 5 aromatic rings. The molecule has 0 bridgehead atoms. The van der Waals surface area contributed by atoms with Gasteiger partial charge in [-0.25, -0.2) is 4.99 Å². The van der Waals surface area contributed by atoms with E-state index in [9.17, 15) is 0 Å². The Labute approximate surface area is 302 Å². The monoisotopic (exact) mass is 660 g/mol. The van der Waals surface area contributed by atoms with Crippen molar-refractivity contribution in [1.82, 2.24) is 0 Å². The summed E-state index contributed by atoms with van der Waals surface area (Å²) in [5, 5.41) is 0. The van der Waals surface area contributed by atoms with Crippen LogP contribution in [0, 0.1) is 5.92 Å². The summed E-state index contributed by atoms with van der Waals surface area (Å²) in [5.74, 6) is 1.75. The topological polar surface area (TPSA) is 24.7 Å². The Balaban J connectivity index is 1.06. The second-order valence-electron chi connectivity index (χ2n) is 16.0. The average molecular weight is 661 g/mol. The van der Waals surface area contributed by atoms with Crippen molar-refractivity contribution in [1.29, 1.82) is 0 Å². The molecule has 5 aromatic carbocycles. The van der Waals surface area contributed by atoms with E-state index in [2.05, 4.69) is 153 Å². The zero-order valence-electron chi connectivity index (χ0n) is 29.6. The van der Waals surface area contributed by atoms with E-state index in [4.69, 9.17) is 9.98 Å². The van der Waals surface area contributed by atoms with Gasteiger partial charge in [0.25, 0.3) is 0 Å². The van der Waals surface area contributed by atoms with Crippen molar-refractivity contribution in [2.45, 2.75) is 75.2 Å². The van der Waals surface area contributed by atoms with Crippen LogP contribution in [0.2, 0.25) is 0 Å². The number of benzene rings is 5. The first kappa shape index (κ1) is 30.7. The quantitative estimate of drug-likeness (QED) is 0.183. The van der Waals surface area contributed by atoms with Crippen LogP contribution in [0.5, 0.6) is 0 Å². The van der Waals surface area contributed by atoms with Crippen LogP contribution in [0.25, 0.3) is 16.7 Å². The molecule has 4 aliphatic carbocycles. The molecule has 1 saturated carbocycles. The molecule has 3 unspecified atom stereocenters. The highest BCUT2D eigenvalue weighted by Crippen LogP contribution is 2.63. The molecule has 0 amide bonds. The maximum atomic E-state index is 5.34. The van der Waals surface area contributed by atoms with Gasteiger partial charge < -0.3 is 0 Å². The van der Waals surface area contributed by atoms with Crippen LogP contribution in [0.15, 0.2) is 155 Å². The summed E-state index contributed by atoms with van der Waals surface area (Å²) < 4.78 is 0. The molecule has 0 N–H and O–H groups in total. The molecule has 3 atom stereocenters. The summed E-state index contributed by atoms with van der Waals surface area (Å²) in [6.45, 7) is 4.92. The number of allylic oxidation sites excluding steroid dienone is 4. The molecule has 250 valence electrons. The zero-order chi connectivity index (χ0) is 34.2. The molecule has 1 spiro atoms. The number of fused-ring (bicyclic) bond motifs is 8. The Bertz CT molecular complexity index is 2280. The molecule has 1 heterocycles. The van der Waals surface area contributed by atoms with Crippen LogP contribution in [-0.4, -0.2) is 11.5 Å². The highest BCUT2D eigenvalue weighted by Gasteiger charge is 2.52. The minimum Gasteiger partial charge on any atom is -0.258 e. The van der Waals surface area contributed by atoms with Gasteiger partial charge in [-0.15, -0.1) is 0 Å². The SMILES string of the molecule is CC1(C)c2ccccc2C2C=C3C(=CC21)c1ccc(C2=NC(c4ccccc4)=NC(c4ccc(-c5ccccc5)cc4)C2)cc1C31CCCCC1. The minimum absolute atomic E-state index is 0.00379. The van der Waals surface area contributed by atoms with Crippen molar-refractivity contribution in [3.05, 3.63) is 184 Å². The first-order valence-electron chi connectivity index (χ1n) is 19.0. The predicted molar refractivity (Wildman–Crippen MR) is 212 cm³/mol. The normalized spacial score (nSPS) is 23.6.